The average molecular weight is 306 g/mol. The highest BCUT2D eigenvalue weighted by Gasteiger charge is 2.58. The van der Waals surface area contributed by atoms with Gasteiger partial charge in [0, 0.05) is 0 Å². The molecule has 0 radical (unpaired) electrons. The Morgan fingerprint density at radius 2 is 1.14 bits per heavy atom. The minimum atomic E-state index is -1.60. The highest BCUT2D eigenvalue weighted by atomic mass is 16.7. The summed E-state index contributed by atoms with van der Waals surface area (Å²) >= 11 is 0. The highest BCUT2D eigenvalue weighted by Crippen LogP contribution is 2.27. The van der Waals surface area contributed by atoms with E-state index in [0.717, 1.165) is 0 Å². The van der Waals surface area contributed by atoms with Gasteiger partial charge in [-0.1, -0.05) is 15.0 Å². The van der Waals surface area contributed by atoms with E-state index >= 15 is 0 Å². The molecule has 2 aliphatic heterocycles. The molecule has 0 aromatic heterocycles. The third kappa shape index (κ3) is 2.28. The van der Waals surface area contributed by atoms with E-state index in [-0.39, 0.29) is 19.6 Å². The number of fused-ring (bicyclic) bond motifs is 1. The quantitative estimate of drug-likeness (QED) is 0.323. The molecule has 0 amide bonds. The summed E-state index contributed by atoms with van der Waals surface area (Å²) in [6.45, 7) is -1.34. The second-order valence-corrected chi connectivity index (χ2v) is 4.27. The number of hydrogen-bond donors (Lipinski definition) is 0. The molecule has 2 aliphatic rings. The third-order valence-electron chi connectivity index (χ3n) is 3.34. The lowest BCUT2D eigenvalue weighted by Gasteiger charge is -2.45. The Labute approximate surface area is 115 Å². The van der Waals surface area contributed by atoms with Crippen molar-refractivity contribution >= 4 is 0 Å². The zero-order valence-corrected chi connectivity index (χ0v) is 10.4. The lowest BCUT2D eigenvalue weighted by Crippen LogP contribution is -2.75. The van der Waals surface area contributed by atoms with Gasteiger partial charge >= 0.3 is 0 Å². The van der Waals surface area contributed by atoms with Gasteiger partial charge in [0.05, 0.1) is 11.8 Å². The summed E-state index contributed by atoms with van der Waals surface area (Å²) in [6, 6.07) is 0. The maximum Gasteiger partial charge on any atom is 0.262 e. The van der Waals surface area contributed by atoms with Crippen LogP contribution in [0.5, 0.6) is 0 Å². The van der Waals surface area contributed by atoms with E-state index in [9.17, 15) is 35.3 Å². The molecule has 21 heavy (non-hydrogen) atoms. The fourth-order valence-corrected chi connectivity index (χ4v) is 2.49. The van der Waals surface area contributed by atoms with Crippen molar-refractivity contribution in [1.82, 2.24) is 20.0 Å². The van der Waals surface area contributed by atoms with Crippen LogP contribution in [-0.4, -0.2) is 73.6 Å². The molecule has 2 unspecified atom stereocenters. The van der Waals surface area contributed by atoms with Crippen LogP contribution in [0.15, 0.2) is 5.29 Å². The first-order valence-electron chi connectivity index (χ1n) is 5.71. The molecule has 2 heterocycles. The Morgan fingerprint density at radius 1 is 0.762 bits per heavy atom. The Bertz CT molecular complexity index is 470. The molecule has 2 saturated heterocycles. The SMILES string of the molecule is O=NN1CCN([N+](=O)[O-])C2C1N([N+](=O)[O-])CCN2[N+](=O)[O-]. The number of hydrogen-bond acceptors (Lipinski definition) is 8. The van der Waals surface area contributed by atoms with Crippen LogP contribution in [0.3, 0.4) is 0 Å². The predicted molar refractivity (Wildman–Crippen MR) is 61.2 cm³/mol. The molecule has 0 saturated carbocycles. The summed E-state index contributed by atoms with van der Waals surface area (Å²) in [6.07, 6.45) is -3.11. The topological polar surface area (TPSA) is 172 Å². The smallest absolute Gasteiger partial charge is 0.235 e. The fourth-order valence-electron chi connectivity index (χ4n) is 2.49. The third-order valence-corrected chi connectivity index (χ3v) is 3.34. The lowest BCUT2D eigenvalue weighted by atomic mass is 10.2. The van der Waals surface area contributed by atoms with Gasteiger partial charge in [0.1, 0.15) is 19.6 Å². The van der Waals surface area contributed by atoms with Gasteiger partial charge in [0.15, 0.2) is 15.1 Å². The van der Waals surface area contributed by atoms with Crippen molar-refractivity contribution < 1.29 is 15.1 Å². The van der Waals surface area contributed by atoms with Gasteiger partial charge < -0.3 is 0 Å². The summed E-state index contributed by atoms with van der Waals surface area (Å²) in [5.74, 6) is 0. The zero-order chi connectivity index (χ0) is 15.7. The van der Waals surface area contributed by atoms with Gasteiger partial charge in [0.25, 0.3) is 6.17 Å². The normalized spacial score (nSPS) is 25.3. The number of rotatable bonds is 4. The van der Waals surface area contributed by atoms with Gasteiger partial charge in [-0.3, -0.25) is 0 Å². The minimum absolute atomic E-state index is 0.248. The van der Waals surface area contributed by atoms with Crippen LogP contribution in [-0.2, 0) is 0 Å². The van der Waals surface area contributed by atoms with Gasteiger partial charge in [-0.05, 0) is 0 Å². The molecule has 0 spiro atoms. The van der Waals surface area contributed by atoms with E-state index < -0.39 is 34.0 Å². The van der Waals surface area contributed by atoms with Gasteiger partial charge in [-0.2, -0.15) is 0 Å². The Morgan fingerprint density at radius 3 is 1.52 bits per heavy atom. The number of piperazine rings is 2. The van der Waals surface area contributed by atoms with E-state index in [1.807, 2.05) is 0 Å². The average Bonchev–Trinajstić information content (AvgIpc) is 2.43. The summed E-state index contributed by atoms with van der Waals surface area (Å²) in [5, 5.41) is 35.3. The monoisotopic (exact) mass is 306 g/mol. The Kier molecular flexibility index (Phi) is 3.55. The molecule has 2 fully saturated rings. The molecule has 0 N–H and O–H groups in total. The molecule has 0 aromatic rings. The fraction of sp³-hybridized carbons (Fsp3) is 1.00. The van der Waals surface area contributed by atoms with Crippen molar-refractivity contribution in [2.24, 2.45) is 5.29 Å². The first kappa shape index (κ1) is 14.4. The molecule has 0 bridgehead atoms. The maximum absolute atomic E-state index is 11.0. The second-order valence-electron chi connectivity index (χ2n) is 4.27. The Hall–Kier alpha value is -3.00. The molecule has 0 aromatic carbocycles. The van der Waals surface area contributed by atoms with Crippen LogP contribution in [0.1, 0.15) is 0 Å². The summed E-state index contributed by atoms with van der Waals surface area (Å²) < 4.78 is 0. The van der Waals surface area contributed by atoms with Crippen LogP contribution in [0, 0.1) is 35.3 Å². The lowest BCUT2D eigenvalue weighted by molar-refractivity contribution is -0.760. The van der Waals surface area contributed by atoms with Gasteiger partial charge in [0.2, 0.25) is 6.17 Å². The van der Waals surface area contributed by atoms with Crippen molar-refractivity contribution in [3.63, 3.8) is 0 Å². The predicted octanol–water partition coefficient (Wildman–Crippen LogP) is -1.87. The molecule has 2 atom stereocenters. The number of nitroso groups, excluding NO2 is 1. The van der Waals surface area contributed by atoms with Crippen LogP contribution in [0.25, 0.3) is 0 Å². The van der Waals surface area contributed by atoms with Crippen LogP contribution in [0.2, 0.25) is 0 Å². The van der Waals surface area contributed by atoms with E-state index in [1.54, 1.807) is 0 Å². The largest absolute Gasteiger partial charge is 0.262 e. The van der Waals surface area contributed by atoms with Gasteiger partial charge in [-0.25, -0.2) is 35.4 Å². The second kappa shape index (κ2) is 5.17. The first-order valence-corrected chi connectivity index (χ1v) is 5.71. The van der Waals surface area contributed by atoms with E-state index in [1.165, 1.54) is 0 Å². The van der Waals surface area contributed by atoms with Crippen molar-refractivity contribution in [2.75, 3.05) is 26.2 Å². The molecule has 116 valence electrons. The molecule has 2 rings (SSSR count). The number of nitrogens with zero attached hydrogens (tertiary/aromatic N) is 8. The van der Waals surface area contributed by atoms with Crippen molar-refractivity contribution in [1.29, 1.82) is 0 Å². The van der Waals surface area contributed by atoms with Crippen molar-refractivity contribution in [3.8, 4) is 0 Å². The minimum Gasteiger partial charge on any atom is -0.235 e. The van der Waals surface area contributed by atoms with Crippen molar-refractivity contribution in [2.45, 2.75) is 12.3 Å². The molecule has 15 heteroatoms. The molecule has 15 nitrogen and oxygen atoms in total. The summed E-state index contributed by atoms with van der Waals surface area (Å²) in [4.78, 5) is 43.8. The summed E-state index contributed by atoms with van der Waals surface area (Å²) in [5.41, 5.74) is 0. The van der Waals surface area contributed by atoms with E-state index in [4.69, 9.17) is 0 Å². The Balaban J connectivity index is 2.45. The van der Waals surface area contributed by atoms with Crippen LogP contribution < -0.4 is 0 Å². The van der Waals surface area contributed by atoms with Crippen LogP contribution in [0.4, 0.5) is 0 Å². The van der Waals surface area contributed by atoms with Crippen LogP contribution >= 0.6 is 0 Å². The molecular weight excluding hydrogens is 296 g/mol. The molecule has 0 aliphatic carbocycles. The van der Waals surface area contributed by atoms with Gasteiger partial charge in [-0.15, -0.1) is 4.91 Å². The van der Waals surface area contributed by atoms with E-state index in [2.05, 4.69) is 5.29 Å². The number of nitro groups is 3. The van der Waals surface area contributed by atoms with Crippen molar-refractivity contribution in [3.05, 3.63) is 35.3 Å². The van der Waals surface area contributed by atoms with E-state index in [0.29, 0.717) is 20.0 Å². The zero-order valence-electron chi connectivity index (χ0n) is 10.4. The standard InChI is InChI=1S/C6H10N8O7/c15-7-8-1-2-10(13(18)19)6-5(8)9(12(16)17)3-4-11(6)14(20)21/h5-6H,1-4H2. The highest BCUT2D eigenvalue weighted by molar-refractivity contribution is 4.87. The first-order chi connectivity index (χ1) is 9.88. The number of hydrazine groups is 3. The molecular formula is C6H10N8O7. The summed E-state index contributed by atoms with van der Waals surface area (Å²) in [7, 11) is 0. The maximum atomic E-state index is 11.0.